The standard InChI is InChI=1S/C17H16ClNO/c1-19(2)12-16(13-6-4-3-5-7-13)17(20)14-8-10-15(18)11-9-14/h3-12H,1-2H3. The lowest BCUT2D eigenvalue weighted by molar-refractivity contribution is 0.105. The van der Waals surface area contributed by atoms with Gasteiger partial charge in [-0.2, -0.15) is 0 Å². The van der Waals surface area contributed by atoms with Crippen molar-refractivity contribution >= 4 is 23.0 Å². The first kappa shape index (κ1) is 14.4. The zero-order valence-electron chi connectivity index (χ0n) is 11.5. The molecule has 0 aromatic heterocycles. The minimum Gasteiger partial charge on any atom is -0.383 e. The number of carbonyl (C=O) groups is 1. The highest BCUT2D eigenvalue weighted by Crippen LogP contribution is 2.21. The van der Waals surface area contributed by atoms with Gasteiger partial charge in [-0.05, 0) is 29.8 Å². The summed E-state index contributed by atoms with van der Waals surface area (Å²) in [6.45, 7) is 0. The van der Waals surface area contributed by atoms with Crippen LogP contribution in [0.15, 0.2) is 60.8 Å². The van der Waals surface area contributed by atoms with Crippen molar-refractivity contribution in [3.63, 3.8) is 0 Å². The third-order valence-corrected chi connectivity index (χ3v) is 3.08. The third-order valence-electron chi connectivity index (χ3n) is 2.82. The Bertz CT molecular complexity index is 615. The summed E-state index contributed by atoms with van der Waals surface area (Å²) < 4.78 is 0. The number of hydrogen-bond acceptors (Lipinski definition) is 2. The Hall–Kier alpha value is -2.06. The van der Waals surface area contributed by atoms with Gasteiger partial charge in [0, 0.05) is 36.5 Å². The van der Waals surface area contributed by atoms with Gasteiger partial charge in [0.05, 0.1) is 0 Å². The van der Waals surface area contributed by atoms with Crippen LogP contribution in [0.5, 0.6) is 0 Å². The maximum Gasteiger partial charge on any atom is 0.195 e. The Morgan fingerprint density at radius 3 is 2.10 bits per heavy atom. The van der Waals surface area contributed by atoms with Crippen LogP contribution in [0.1, 0.15) is 15.9 Å². The molecule has 0 aliphatic rings. The van der Waals surface area contributed by atoms with Gasteiger partial charge in [0.15, 0.2) is 5.78 Å². The van der Waals surface area contributed by atoms with E-state index in [9.17, 15) is 4.79 Å². The molecular weight excluding hydrogens is 270 g/mol. The van der Waals surface area contributed by atoms with Gasteiger partial charge in [-0.15, -0.1) is 0 Å². The lowest BCUT2D eigenvalue weighted by Crippen LogP contribution is -2.09. The summed E-state index contributed by atoms with van der Waals surface area (Å²) in [5.74, 6) is -0.0124. The van der Waals surface area contributed by atoms with E-state index in [1.807, 2.05) is 55.5 Å². The van der Waals surface area contributed by atoms with Crippen LogP contribution in [0, 0.1) is 0 Å². The van der Waals surface area contributed by atoms with Gasteiger partial charge in [-0.3, -0.25) is 4.79 Å². The number of nitrogens with zero attached hydrogens (tertiary/aromatic N) is 1. The lowest BCUT2D eigenvalue weighted by Gasteiger charge is -2.12. The molecule has 0 radical (unpaired) electrons. The van der Waals surface area contributed by atoms with Crippen molar-refractivity contribution in [2.24, 2.45) is 0 Å². The summed E-state index contributed by atoms with van der Waals surface area (Å²) in [4.78, 5) is 14.5. The molecule has 0 N–H and O–H groups in total. The van der Waals surface area contributed by atoms with E-state index in [0.29, 0.717) is 16.2 Å². The molecule has 0 bridgehead atoms. The quantitative estimate of drug-likeness (QED) is 0.622. The molecule has 2 aromatic carbocycles. The largest absolute Gasteiger partial charge is 0.383 e. The van der Waals surface area contributed by atoms with Crippen molar-refractivity contribution in [1.29, 1.82) is 0 Å². The highest BCUT2D eigenvalue weighted by atomic mass is 35.5. The van der Waals surface area contributed by atoms with E-state index in [-0.39, 0.29) is 5.78 Å². The Morgan fingerprint density at radius 2 is 1.55 bits per heavy atom. The Morgan fingerprint density at radius 1 is 0.950 bits per heavy atom. The summed E-state index contributed by atoms with van der Waals surface area (Å²) >= 11 is 5.86. The van der Waals surface area contributed by atoms with Crippen LogP contribution >= 0.6 is 11.6 Å². The van der Waals surface area contributed by atoms with Crippen molar-refractivity contribution in [2.45, 2.75) is 0 Å². The van der Waals surface area contributed by atoms with E-state index < -0.39 is 0 Å². The minimum atomic E-state index is -0.0124. The van der Waals surface area contributed by atoms with E-state index in [4.69, 9.17) is 11.6 Å². The fourth-order valence-electron chi connectivity index (χ4n) is 1.90. The lowest BCUT2D eigenvalue weighted by atomic mass is 9.97. The highest BCUT2D eigenvalue weighted by Gasteiger charge is 2.14. The molecule has 0 spiro atoms. The second kappa shape index (κ2) is 6.40. The smallest absolute Gasteiger partial charge is 0.195 e. The Balaban J connectivity index is 2.42. The van der Waals surface area contributed by atoms with Gasteiger partial charge in [0.25, 0.3) is 0 Å². The summed E-state index contributed by atoms with van der Waals surface area (Å²) in [7, 11) is 3.80. The van der Waals surface area contributed by atoms with Crippen molar-refractivity contribution in [3.8, 4) is 0 Å². The molecule has 2 aromatic rings. The molecule has 3 heteroatoms. The fourth-order valence-corrected chi connectivity index (χ4v) is 2.02. The van der Waals surface area contributed by atoms with Crippen LogP contribution < -0.4 is 0 Å². The van der Waals surface area contributed by atoms with Crippen LogP contribution in [0.2, 0.25) is 5.02 Å². The maximum atomic E-state index is 12.7. The third kappa shape index (κ3) is 3.49. The van der Waals surface area contributed by atoms with Gasteiger partial charge < -0.3 is 4.90 Å². The SMILES string of the molecule is CN(C)C=C(C(=O)c1ccc(Cl)cc1)c1ccccc1. The normalized spacial score (nSPS) is 11.2. The Kier molecular flexibility index (Phi) is 4.59. The molecule has 102 valence electrons. The molecule has 0 saturated heterocycles. The molecule has 0 aliphatic carbocycles. The molecule has 20 heavy (non-hydrogen) atoms. The number of carbonyl (C=O) groups excluding carboxylic acids is 1. The van der Waals surface area contributed by atoms with Gasteiger partial charge in [-0.25, -0.2) is 0 Å². The van der Waals surface area contributed by atoms with Crippen molar-refractivity contribution in [1.82, 2.24) is 4.90 Å². The van der Waals surface area contributed by atoms with E-state index in [1.165, 1.54) is 0 Å². The van der Waals surface area contributed by atoms with Gasteiger partial charge in [0.2, 0.25) is 0 Å². The predicted octanol–water partition coefficient (Wildman–Crippen LogP) is 4.13. The molecule has 0 amide bonds. The first-order valence-corrected chi connectivity index (χ1v) is 6.69. The van der Waals surface area contributed by atoms with E-state index in [0.717, 1.165) is 5.56 Å². The zero-order chi connectivity index (χ0) is 14.5. The van der Waals surface area contributed by atoms with Crippen LogP contribution in [0.4, 0.5) is 0 Å². The van der Waals surface area contributed by atoms with Gasteiger partial charge in [-0.1, -0.05) is 41.9 Å². The number of rotatable bonds is 4. The Labute approximate surface area is 124 Å². The molecule has 0 fully saturated rings. The van der Waals surface area contributed by atoms with Gasteiger partial charge >= 0.3 is 0 Å². The highest BCUT2D eigenvalue weighted by molar-refractivity contribution is 6.31. The topological polar surface area (TPSA) is 20.3 Å². The van der Waals surface area contributed by atoms with Crippen molar-refractivity contribution in [3.05, 3.63) is 76.9 Å². The summed E-state index contributed by atoms with van der Waals surface area (Å²) in [6, 6.07) is 16.6. The fraction of sp³-hybridized carbons (Fsp3) is 0.118. The minimum absolute atomic E-state index is 0.0124. The molecule has 0 atom stereocenters. The maximum absolute atomic E-state index is 12.7. The van der Waals surface area contributed by atoms with E-state index >= 15 is 0 Å². The number of allylic oxidation sites excluding steroid dienone is 1. The zero-order valence-corrected chi connectivity index (χ0v) is 12.3. The van der Waals surface area contributed by atoms with E-state index in [1.54, 1.807) is 24.3 Å². The molecule has 0 saturated carbocycles. The molecule has 0 unspecified atom stereocenters. The molecular formula is C17H16ClNO. The van der Waals surface area contributed by atoms with Crippen LogP contribution in [-0.4, -0.2) is 24.8 Å². The molecule has 0 heterocycles. The monoisotopic (exact) mass is 285 g/mol. The second-order valence-corrected chi connectivity index (χ2v) is 5.14. The number of ketones is 1. The molecule has 0 aliphatic heterocycles. The first-order valence-electron chi connectivity index (χ1n) is 6.32. The molecule has 2 nitrogen and oxygen atoms in total. The number of Topliss-reactive ketones (excluding diaryl/α,β-unsaturated/α-hetero) is 1. The number of benzene rings is 2. The summed E-state index contributed by atoms with van der Waals surface area (Å²) in [6.07, 6.45) is 1.84. The van der Waals surface area contributed by atoms with Crippen molar-refractivity contribution in [2.75, 3.05) is 14.1 Å². The average Bonchev–Trinajstić information content (AvgIpc) is 2.45. The van der Waals surface area contributed by atoms with Crippen LogP contribution in [0.25, 0.3) is 5.57 Å². The van der Waals surface area contributed by atoms with Crippen molar-refractivity contribution < 1.29 is 4.79 Å². The average molecular weight is 286 g/mol. The first-order chi connectivity index (χ1) is 9.58. The van der Waals surface area contributed by atoms with Crippen LogP contribution in [0.3, 0.4) is 0 Å². The number of halogens is 1. The number of hydrogen-bond donors (Lipinski definition) is 0. The van der Waals surface area contributed by atoms with Crippen LogP contribution in [-0.2, 0) is 0 Å². The second-order valence-electron chi connectivity index (χ2n) is 4.71. The summed E-state index contributed by atoms with van der Waals surface area (Å²) in [5, 5.41) is 0.624. The van der Waals surface area contributed by atoms with Gasteiger partial charge in [0.1, 0.15) is 0 Å². The predicted molar refractivity (Wildman–Crippen MR) is 83.9 cm³/mol. The summed E-state index contributed by atoms with van der Waals surface area (Å²) in [5.41, 5.74) is 2.20. The molecule has 2 rings (SSSR count). The van der Waals surface area contributed by atoms with E-state index in [2.05, 4.69) is 0 Å².